The lowest BCUT2D eigenvalue weighted by Gasteiger charge is -2.35. The molecule has 20 heavy (non-hydrogen) atoms. The van der Waals surface area contributed by atoms with Gasteiger partial charge in [0, 0.05) is 36.3 Å². The Balaban J connectivity index is 1.90. The van der Waals surface area contributed by atoms with Gasteiger partial charge in [0.1, 0.15) is 5.82 Å². The van der Waals surface area contributed by atoms with Crippen LogP contribution in [0.5, 0.6) is 0 Å². The molecule has 2 heterocycles. The van der Waals surface area contributed by atoms with Gasteiger partial charge in [-0.1, -0.05) is 33.8 Å². The van der Waals surface area contributed by atoms with E-state index in [4.69, 9.17) is 0 Å². The highest BCUT2D eigenvalue weighted by Crippen LogP contribution is 2.27. The fourth-order valence-corrected chi connectivity index (χ4v) is 3.90. The summed E-state index contributed by atoms with van der Waals surface area (Å²) in [7, 11) is 0. The standard InChI is InChI=1S/C16H27N3S/c1-12(2)7-17-8-15-5-6-16(18-9-15)19-10-13(3)20-14(4)11-19/h5-6,9,12-14,17H,7-8,10-11H2,1-4H3. The van der Waals surface area contributed by atoms with E-state index in [9.17, 15) is 0 Å². The molecule has 0 aromatic carbocycles. The van der Waals surface area contributed by atoms with E-state index in [0.717, 1.165) is 32.0 Å². The zero-order chi connectivity index (χ0) is 14.5. The molecule has 0 aliphatic carbocycles. The van der Waals surface area contributed by atoms with Crippen LogP contribution < -0.4 is 10.2 Å². The molecule has 0 saturated carbocycles. The van der Waals surface area contributed by atoms with Gasteiger partial charge >= 0.3 is 0 Å². The number of hydrogen-bond acceptors (Lipinski definition) is 4. The number of hydrogen-bond donors (Lipinski definition) is 1. The molecule has 112 valence electrons. The number of nitrogens with one attached hydrogen (secondary N) is 1. The average molecular weight is 293 g/mol. The van der Waals surface area contributed by atoms with Crippen molar-refractivity contribution >= 4 is 17.6 Å². The lowest BCUT2D eigenvalue weighted by molar-refractivity contribution is 0.552. The van der Waals surface area contributed by atoms with Crippen molar-refractivity contribution in [1.82, 2.24) is 10.3 Å². The maximum absolute atomic E-state index is 4.65. The van der Waals surface area contributed by atoms with Gasteiger partial charge in [-0.2, -0.15) is 11.8 Å². The molecule has 0 bridgehead atoms. The molecule has 1 saturated heterocycles. The second kappa shape index (κ2) is 7.32. The summed E-state index contributed by atoms with van der Waals surface area (Å²) in [6, 6.07) is 4.37. The van der Waals surface area contributed by atoms with Gasteiger partial charge in [0.05, 0.1) is 0 Å². The fourth-order valence-electron chi connectivity index (χ4n) is 2.58. The molecule has 2 rings (SSSR count). The van der Waals surface area contributed by atoms with Gasteiger partial charge in [-0.3, -0.25) is 0 Å². The van der Waals surface area contributed by atoms with E-state index >= 15 is 0 Å². The molecule has 0 radical (unpaired) electrons. The van der Waals surface area contributed by atoms with E-state index < -0.39 is 0 Å². The lowest BCUT2D eigenvalue weighted by Crippen LogP contribution is -2.40. The quantitative estimate of drug-likeness (QED) is 0.902. The number of anilines is 1. The average Bonchev–Trinajstić information content (AvgIpc) is 2.38. The minimum atomic E-state index is 0.688. The maximum atomic E-state index is 4.65. The van der Waals surface area contributed by atoms with Gasteiger partial charge in [-0.15, -0.1) is 0 Å². The van der Waals surface area contributed by atoms with Crippen molar-refractivity contribution in [3.05, 3.63) is 23.9 Å². The van der Waals surface area contributed by atoms with Gasteiger partial charge in [0.25, 0.3) is 0 Å². The second-order valence-electron chi connectivity index (χ2n) is 6.21. The van der Waals surface area contributed by atoms with Crippen molar-refractivity contribution in [2.75, 3.05) is 24.5 Å². The number of aromatic nitrogens is 1. The predicted molar refractivity (Wildman–Crippen MR) is 89.5 cm³/mol. The summed E-state index contributed by atoms with van der Waals surface area (Å²) in [6.45, 7) is 13.2. The molecule has 0 amide bonds. The highest BCUT2D eigenvalue weighted by Gasteiger charge is 2.22. The Kier molecular flexibility index (Phi) is 5.73. The number of nitrogens with zero attached hydrogens (tertiary/aromatic N) is 2. The fraction of sp³-hybridized carbons (Fsp3) is 0.688. The Hall–Kier alpha value is -0.740. The van der Waals surface area contributed by atoms with E-state index in [1.807, 2.05) is 6.20 Å². The first-order chi connectivity index (χ1) is 9.54. The van der Waals surface area contributed by atoms with Crippen LogP contribution in [-0.2, 0) is 6.54 Å². The minimum Gasteiger partial charge on any atom is -0.354 e. The Labute approximate surface area is 127 Å². The Morgan fingerprint density at radius 3 is 2.55 bits per heavy atom. The van der Waals surface area contributed by atoms with Gasteiger partial charge in [0.2, 0.25) is 0 Å². The van der Waals surface area contributed by atoms with Crippen LogP contribution in [0.1, 0.15) is 33.3 Å². The third-order valence-electron chi connectivity index (χ3n) is 3.43. The molecule has 3 nitrogen and oxygen atoms in total. The maximum Gasteiger partial charge on any atom is 0.128 e. The zero-order valence-electron chi connectivity index (χ0n) is 13.1. The van der Waals surface area contributed by atoms with Crippen molar-refractivity contribution in [3.63, 3.8) is 0 Å². The summed E-state index contributed by atoms with van der Waals surface area (Å²) < 4.78 is 0. The molecule has 2 unspecified atom stereocenters. The second-order valence-corrected chi connectivity index (χ2v) is 8.09. The molecule has 0 spiro atoms. The Morgan fingerprint density at radius 2 is 2.00 bits per heavy atom. The first kappa shape index (κ1) is 15.6. The molecule has 1 N–H and O–H groups in total. The van der Waals surface area contributed by atoms with Crippen LogP contribution in [0, 0.1) is 5.92 Å². The van der Waals surface area contributed by atoms with E-state index in [2.05, 4.69) is 66.8 Å². The molecule has 1 aromatic heterocycles. The van der Waals surface area contributed by atoms with Crippen LogP contribution in [0.25, 0.3) is 0 Å². The van der Waals surface area contributed by atoms with Crippen molar-refractivity contribution in [3.8, 4) is 0 Å². The summed E-state index contributed by atoms with van der Waals surface area (Å²) in [5.74, 6) is 1.81. The predicted octanol–water partition coefficient (Wildman–Crippen LogP) is 3.16. The molecule has 1 fully saturated rings. The number of rotatable bonds is 5. The van der Waals surface area contributed by atoms with E-state index in [1.54, 1.807) is 0 Å². The summed E-state index contributed by atoms with van der Waals surface area (Å²) in [5.41, 5.74) is 1.27. The first-order valence-electron chi connectivity index (χ1n) is 7.60. The van der Waals surface area contributed by atoms with Gasteiger partial charge in [0.15, 0.2) is 0 Å². The van der Waals surface area contributed by atoms with Crippen LogP contribution in [-0.4, -0.2) is 35.1 Å². The largest absolute Gasteiger partial charge is 0.354 e. The Morgan fingerprint density at radius 1 is 1.30 bits per heavy atom. The summed E-state index contributed by atoms with van der Waals surface area (Å²) in [4.78, 5) is 7.06. The third-order valence-corrected chi connectivity index (χ3v) is 4.66. The number of pyridine rings is 1. The highest BCUT2D eigenvalue weighted by atomic mass is 32.2. The van der Waals surface area contributed by atoms with E-state index in [1.165, 1.54) is 5.56 Å². The Bertz CT molecular complexity index is 395. The van der Waals surface area contributed by atoms with Crippen LogP contribution >= 0.6 is 11.8 Å². The summed E-state index contributed by atoms with van der Waals surface area (Å²) in [5, 5.41) is 4.83. The molecule has 1 aliphatic rings. The minimum absolute atomic E-state index is 0.688. The summed E-state index contributed by atoms with van der Waals surface area (Å²) >= 11 is 2.08. The molecule has 1 aliphatic heterocycles. The van der Waals surface area contributed by atoms with Crippen molar-refractivity contribution in [2.45, 2.75) is 44.7 Å². The van der Waals surface area contributed by atoms with Crippen molar-refractivity contribution in [2.24, 2.45) is 5.92 Å². The molecule has 2 atom stereocenters. The summed E-state index contributed by atoms with van der Waals surface area (Å²) in [6.07, 6.45) is 2.01. The first-order valence-corrected chi connectivity index (χ1v) is 8.55. The van der Waals surface area contributed by atoms with E-state index in [-0.39, 0.29) is 0 Å². The monoisotopic (exact) mass is 293 g/mol. The smallest absolute Gasteiger partial charge is 0.128 e. The zero-order valence-corrected chi connectivity index (χ0v) is 13.9. The normalized spacial score (nSPS) is 23.4. The van der Waals surface area contributed by atoms with Crippen molar-refractivity contribution < 1.29 is 0 Å². The van der Waals surface area contributed by atoms with E-state index in [0.29, 0.717) is 16.4 Å². The van der Waals surface area contributed by atoms with Crippen LogP contribution in [0.4, 0.5) is 5.82 Å². The van der Waals surface area contributed by atoms with Crippen LogP contribution in [0.3, 0.4) is 0 Å². The van der Waals surface area contributed by atoms with Gasteiger partial charge < -0.3 is 10.2 Å². The molecular weight excluding hydrogens is 266 g/mol. The topological polar surface area (TPSA) is 28.2 Å². The van der Waals surface area contributed by atoms with Crippen LogP contribution in [0.15, 0.2) is 18.3 Å². The third kappa shape index (κ3) is 4.67. The van der Waals surface area contributed by atoms with Crippen molar-refractivity contribution in [1.29, 1.82) is 0 Å². The highest BCUT2D eigenvalue weighted by molar-refractivity contribution is 8.00. The van der Waals surface area contributed by atoms with Crippen LogP contribution in [0.2, 0.25) is 0 Å². The van der Waals surface area contributed by atoms with Gasteiger partial charge in [-0.05, 0) is 24.1 Å². The SMILES string of the molecule is CC(C)CNCc1ccc(N2CC(C)SC(C)C2)nc1. The molecule has 1 aromatic rings. The lowest BCUT2D eigenvalue weighted by atomic mass is 10.2. The van der Waals surface area contributed by atoms with Gasteiger partial charge in [-0.25, -0.2) is 4.98 Å². The molecule has 4 heteroatoms. The molecular formula is C16H27N3S. The number of thioether (sulfide) groups is 1.